The molecule has 0 bridgehead atoms. The van der Waals surface area contributed by atoms with Crippen LogP contribution in [0.1, 0.15) is 16.7 Å². The minimum absolute atomic E-state index is 0.615. The molecule has 104 valence electrons. The number of rotatable bonds is 2. The van der Waals surface area contributed by atoms with E-state index >= 15 is 0 Å². The van der Waals surface area contributed by atoms with Crippen LogP contribution in [0, 0.1) is 0 Å². The van der Waals surface area contributed by atoms with Gasteiger partial charge in [-0.05, 0) is 23.3 Å². The van der Waals surface area contributed by atoms with E-state index in [9.17, 15) is 0 Å². The van der Waals surface area contributed by atoms with Gasteiger partial charge in [-0.25, -0.2) is 4.98 Å². The van der Waals surface area contributed by atoms with Crippen molar-refractivity contribution in [1.29, 1.82) is 0 Å². The van der Waals surface area contributed by atoms with Gasteiger partial charge in [0.15, 0.2) is 0 Å². The number of nitrogens with zero attached hydrogens (tertiary/aromatic N) is 2. The fourth-order valence-electron chi connectivity index (χ4n) is 3.00. The van der Waals surface area contributed by atoms with E-state index in [1.54, 1.807) is 0 Å². The molecule has 3 aromatic rings. The van der Waals surface area contributed by atoms with Crippen LogP contribution >= 0.6 is 11.6 Å². The molecule has 2 heterocycles. The predicted octanol–water partition coefficient (Wildman–Crippen LogP) is 4.40. The smallest absolute Gasteiger partial charge is 0.134 e. The summed E-state index contributed by atoms with van der Waals surface area (Å²) in [6.45, 7) is 2.81. The van der Waals surface area contributed by atoms with Gasteiger partial charge in [-0.15, -0.1) is 0 Å². The zero-order valence-corrected chi connectivity index (χ0v) is 12.3. The van der Waals surface area contributed by atoms with E-state index in [1.807, 2.05) is 18.2 Å². The van der Waals surface area contributed by atoms with E-state index in [0.29, 0.717) is 5.15 Å². The zero-order chi connectivity index (χ0) is 14.2. The number of halogens is 1. The lowest BCUT2D eigenvalue weighted by molar-refractivity contribution is 0.275. The van der Waals surface area contributed by atoms with Crippen molar-refractivity contribution in [2.24, 2.45) is 0 Å². The fraction of sp³-hybridized carbons (Fsp3) is 0.167. The highest BCUT2D eigenvalue weighted by Crippen LogP contribution is 2.27. The zero-order valence-electron chi connectivity index (χ0n) is 11.6. The molecule has 0 unspecified atom stereocenters. The SMILES string of the molecule is Clc1nc2ccccc2cc1CN1Cc2ccccc2C1. The van der Waals surface area contributed by atoms with Crippen LogP contribution < -0.4 is 0 Å². The fourth-order valence-corrected chi connectivity index (χ4v) is 3.21. The topological polar surface area (TPSA) is 16.1 Å². The molecule has 1 aliphatic rings. The van der Waals surface area contributed by atoms with Gasteiger partial charge in [0.25, 0.3) is 0 Å². The summed E-state index contributed by atoms with van der Waals surface area (Å²) in [5, 5.41) is 1.76. The molecule has 0 aliphatic carbocycles. The summed E-state index contributed by atoms with van der Waals surface area (Å²) >= 11 is 6.36. The summed E-state index contributed by atoms with van der Waals surface area (Å²) in [4.78, 5) is 6.91. The van der Waals surface area contributed by atoms with Crippen molar-refractivity contribution in [3.05, 3.63) is 76.4 Å². The van der Waals surface area contributed by atoms with Crippen molar-refractivity contribution < 1.29 is 0 Å². The Morgan fingerprint density at radius 3 is 2.38 bits per heavy atom. The highest BCUT2D eigenvalue weighted by Gasteiger charge is 2.19. The van der Waals surface area contributed by atoms with Crippen LogP contribution in [0.2, 0.25) is 5.15 Å². The van der Waals surface area contributed by atoms with E-state index in [4.69, 9.17) is 11.6 Å². The number of hydrogen-bond acceptors (Lipinski definition) is 2. The molecule has 2 aromatic carbocycles. The molecule has 0 radical (unpaired) electrons. The van der Waals surface area contributed by atoms with Crippen molar-refractivity contribution in [2.45, 2.75) is 19.6 Å². The Labute approximate surface area is 129 Å². The standard InChI is InChI=1S/C18H15ClN2/c19-18-16(9-13-5-3-4-8-17(13)20-18)12-21-10-14-6-1-2-7-15(14)11-21/h1-9H,10-12H2. The van der Waals surface area contributed by atoms with E-state index < -0.39 is 0 Å². The molecule has 21 heavy (non-hydrogen) atoms. The molecule has 1 aliphatic heterocycles. The quantitative estimate of drug-likeness (QED) is 0.651. The first-order valence-corrected chi connectivity index (χ1v) is 7.51. The normalized spacial score (nSPS) is 14.5. The number of pyridine rings is 1. The lowest BCUT2D eigenvalue weighted by atomic mass is 10.1. The van der Waals surface area contributed by atoms with Crippen molar-refractivity contribution in [3.8, 4) is 0 Å². The molecule has 1 aromatic heterocycles. The van der Waals surface area contributed by atoms with E-state index in [2.05, 4.69) is 46.3 Å². The Kier molecular flexibility index (Phi) is 3.13. The minimum atomic E-state index is 0.615. The van der Waals surface area contributed by atoms with Gasteiger partial charge in [0.05, 0.1) is 5.52 Å². The Bertz CT molecular complexity index is 788. The molecule has 4 rings (SSSR count). The molecule has 3 heteroatoms. The summed E-state index contributed by atoms with van der Waals surface area (Å²) in [6.07, 6.45) is 0. The van der Waals surface area contributed by atoms with Crippen LogP contribution in [0.3, 0.4) is 0 Å². The molecule has 0 N–H and O–H groups in total. The van der Waals surface area contributed by atoms with Gasteiger partial charge >= 0.3 is 0 Å². The molecule has 0 spiro atoms. The Morgan fingerprint density at radius 2 is 1.62 bits per heavy atom. The second-order valence-corrected chi connectivity index (χ2v) is 5.90. The number of para-hydroxylation sites is 1. The summed E-state index contributed by atoms with van der Waals surface area (Å²) in [6, 6.07) is 18.9. The van der Waals surface area contributed by atoms with Crippen molar-refractivity contribution >= 4 is 22.5 Å². The number of fused-ring (bicyclic) bond motifs is 2. The average molecular weight is 295 g/mol. The maximum Gasteiger partial charge on any atom is 0.134 e. The van der Waals surface area contributed by atoms with E-state index in [1.165, 1.54) is 11.1 Å². The Hall–Kier alpha value is -1.90. The molecule has 0 atom stereocenters. The van der Waals surface area contributed by atoms with Gasteiger partial charge in [0.1, 0.15) is 5.15 Å². The summed E-state index contributed by atoms with van der Waals surface area (Å²) in [5.74, 6) is 0. The monoisotopic (exact) mass is 294 g/mol. The van der Waals surface area contributed by atoms with Gasteiger partial charge in [0.2, 0.25) is 0 Å². The van der Waals surface area contributed by atoms with E-state index in [0.717, 1.165) is 36.1 Å². The second kappa shape index (κ2) is 5.14. The van der Waals surface area contributed by atoms with Crippen LogP contribution in [0.15, 0.2) is 54.6 Å². The van der Waals surface area contributed by atoms with E-state index in [-0.39, 0.29) is 0 Å². The van der Waals surface area contributed by atoms with Gasteiger partial charge in [-0.2, -0.15) is 0 Å². The number of benzene rings is 2. The molecule has 0 saturated heterocycles. The third-order valence-corrected chi connectivity index (χ3v) is 4.38. The van der Waals surface area contributed by atoms with Gasteiger partial charge in [0, 0.05) is 30.6 Å². The summed E-state index contributed by atoms with van der Waals surface area (Å²) in [5.41, 5.74) is 4.89. The largest absolute Gasteiger partial charge is 0.290 e. The van der Waals surface area contributed by atoms with Crippen molar-refractivity contribution in [1.82, 2.24) is 9.88 Å². The van der Waals surface area contributed by atoms with Gasteiger partial charge in [-0.3, -0.25) is 4.90 Å². The third-order valence-electron chi connectivity index (χ3n) is 4.05. The average Bonchev–Trinajstić information content (AvgIpc) is 2.90. The molecule has 0 amide bonds. The second-order valence-electron chi connectivity index (χ2n) is 5.54. The lowest BCUT2D eigenvalue weighted by Crippen LogP contribution is -2.16. The summed E-state index contributed by atoms with van der Waals surface area (Å²) < 4.78 is 0. The molecule has 2 nitrogen and oxygen atoms in total. The number of hydrogen-bond donors (Lipinski definition) is 0. The first-order valence-electron chi connectivity index (χ1n) is 7.13. The minimum Gasteiger partial charge on any atom is -0.290 e. The van der Waals surface area contributed by atoms with Crippen LogP contribution in [0.4, 0.5) is 0 Å². The van der Waals surface area contributed by atoms with Crippen LogP contribution in [0.25, 0.3) is 10.9 Å². The highest BCUT2D eigenvalue weighted by molar-refractivity contribution is 6.30. The van der Waals surface area contributed by atoms with Gasteiger partial charge < -0.3 is 0 Å². The third kappa shape index (κ3) is 2.41. The number of aromatic nitrogens is 1. The molecule has 0 fully saturated rings. The molecular formula is C18H15ClN2. The van der Waals surface area contributed by atoms with Crippen LogP contribution in [-0.2, 0) is 19.6 Å². The first kappa shape index (κ1) is 12.8. The maximum atomic E-state index is 6.36. The maximum absolute atomic E-state index is 6.36. The molecular weight excluding hydrogens is 280 g/mol. The Balaban J connectivity index is 1.62. The summed E-state index contributed by atoms with van der Waals surface area (Å²) in [7, 11) is 0. The van der Waals surface area contributed by atoms with Crippen molar-refractivity contribution in [2.75, 3.05) is 0 Å². The lowest BCUT2D eigenvalue weighted by Gasteiger charge is -2.16. The predicted molar refractivity (Wildman–Crippen MR) is 86.1 cm³/mol. The molecule has 0 saturated carbocycles. The first-order chi connectivity index (χ1) is 10.3. The highest BCUT2D eigenvalue weighted by atomic mass is 35.5. The Morgan fingerprint density at radius 1 is 0.952 bits per heavy atom. The van der Waals surface area contributed by atoms with Crippen LogP contribution in [-0.4, -0.2) is 9.88 Å². The van der Waals surface area contributed by atoms with Crippen molar-refractivity contribution in [3.63, 3.8) is 0 Å². The van der Waals surface area contributed by atoms with Crippen LogP contribution in [0.5, 0.6) is 0 Å². The van der Waals surface area contributed by atoms with Gasteiger partial charge in [-0.1, -0.05) is 54.1 Å².